The molecule has 0 bridgehead atoms. The van der Waals surface area contributed by atoms with Crippen LogP contribution < -0.4 is 5.32 Å². The predicted molar refractivity (Wildman–Crippen MR) is 106 cm³/mol. The van der Waals surface area contributed by atoms with E-state index < -0.39 is 5.82 Å². The molecule has 0 aliphatic rings. The van der Waals surface area contributed by atoms with Crippen LogP contribution in [-0.2, 0) is 19.7 Å². The lowest BCUT2D eigenvalue weighted by Gasteiger charge is -2.22. The third-order valence-electron chi connectivity index (χ3n) is 3.64. The van der Waals surface area contributed by atoms with E-state index in [0.29, 0.717) is 19.0 Å². The van der Waals surface area contributed by atoms with Gasteiger partial charge in [-0.25, -0.2) is 8.78 Å². The lowest BCUT2D eigenvalue weighted by molar-refractivity contribution is 0.275. The van der Waals surface area contributed by atoms with Gasteiger partial charge >= 0.3 is 0 Å². The molecule has 2 aromatic carbocycles. The fourth-order valence-electron chi connectivity index (χ4n) is 2.36. The summed E-state index contributed by atoms with van der Waals surface area (Å²) in [6.07, 6.45) is 0. The molecule has 25 heavy (non-hydrogen) atoms. The first-order chi connectivity index (χ1) is 11.5. The van der Waals surface area contributed by atoms with Gasteiger partial charge in [-0.05, 0) is 35.4 Å². The van der Waals surface area contributed by atoms with Crippen LogP contribution in [0.15, 0.2) is 47.5 Å². The van der Waals surface area contributed by atoms with Gasteiger partial charge in [-0.1, -0.05) is 18.2 Å². The highest BCUT2D eigenvalue weighted by Crippen LogP contribution is 2.11. The fraction of sp³-hybridized carbons (Fsp3) is 0.278. The Labute approximate surface area is 163 Å². The van der Waals surface area contributed by atoms with Gasteiger partial charge in [0.15, 0.2) is 5.96 Å². The van der Waals surface area contributed by atoms with Crippen molar-refractivity contribution in [3.63, 3.8) is 0 Å². The second-order valence-electron chi connectivity index (χ2n) is 5.47. The van der Waals surface area contributed by atoms with Gasteiger partial charge in [0.1, 0.15) is 11.6 Å². The van der Waals surface area contributed by atoms with Crippen molar-refractivity contribution < 1.29 is 13.9 Å². The maximum Gasteiger partial charge on any atom is 0.193 e. The average molecular weight is 461 g/mol. The van der Waals surface area contributed by atoms with Gasteiger partial charge in [0.25, 0.3) is 0 Å². The second-order valence-corrected chi connectivity index (χ2v) is 5.47. The summed E-state index contributed by atoms with van der Waals surface area (Å²) >= 11 is 0. The van der Waals surface area contributed by atoms with E-state index in [4.69, 9.17) is 5.11 Å². The Morgan fingerprint density at radius 1 is 1.12 bits per heavy atom. The summed E-state index contributed by atoms with van der Waals surface area (Å²) in [5.74, 6) is -0.0202. The van der Waals surface area contributed by atoms with Crippen molar-refractivity contribution in [3.05, 3.63) is 70.8 Å². The normalized spacial score (nSPS) is 11.0. The van der Waals surface area contributed by atoms with E-state index >= 15 is 0 Å². The number of halogens is 3. The third-order valence-corrected chi connectivity index (χ3v) is 3.64. The van der Waals surface area contributed by atoms with Gasteiger partial charge < -0.3 is 15.3 Å². The molecule has 0 aliphatic heterocycles. The third kappa shape index (κ3) is 6.24. The quantitative estimate of drug-likeness (QED) is 0.409. The van der Waals surface area contributed by atoms with Crippen LogP contribution in [0.1, 0.15) is 16.7 Å². The van der Waals surface area contributed by atoms with Gasteiger partial charge in [0.2, 0.25) is 0 Å². The van der Waals surface area contributed by atoms with E-state index in [1.54, 1.807) is 31.3 Å². The zero-order chi connectivity index (χ0) is 17.5. The maximum absolute atomic E-state index is 13.4. The number of nitrogens with one attached hydrogen (secondary N) is 1. The molecular formula is C18H22F2IN3O. The smallest absolute Gasteiger partial charge is 0.193 e. The molecule has 4 nitrogen and oxygen atoms in total. The van der Waals surface area contributed by atoms with Crippen molar-refractivity contribution in [1.29, 1.82) is 0 Å². The summed E-state index contributed by atoms with van der Waals surface area (Å²) in [4.78, 5) is 6.12. The zero-order valence-electron chi connectivity index (χ0n) is 14.2. The van der Waals surface area contributed by atoms with Crippen molar-refractivity contribution in [3.8, 4) is 0 Å². The minimum absolute atomic E-state index is 0. The molecule has 0 aromatic heterocycles. The highest BCUT2D eigenvalue weighted by Gasteiger charge is 2.08. The van der Waals surface area contributed by atoms with E-state index in [1.807, 2.05) is 11.9 Å². The van der Waals surface area contributed by atoms with Crippen molar-refractivity contribution in [2.75, 3.05) is 14.1 Å². The summed E-state index contributed by atoms with van der Waals surface area (Å²) < 4.78 is 26.3. The summed E-state index contributed by atoms with van der Waals surface area (Å²) in [6, 6.07) is 10.9. The monoisotopic (exact) mass is 461 g/mol. The van der Waals surface area contributed by atoms with Crippen LogP contribution in [0, 0.1) is 11.6 Å². The first kappa shape index (κ1) is 21.3. The Morgan fingerprint density at radius 3 is 2.36 bits per heavy atom. The highest BCUT2D eigenvalue weighted by molar-refractivity contribution is 14.0. The maximum atomic E-state index is 13.4. The molecule has 0 amide bonds. The van der Waals surface area contributed by atoms with E-state index in [1.165, 1.54) is 18.2 Å². The summed E-state index contributed by atoms with van der Waals surface area (Å²) in [5, 5.41) is 12.3. The largest absolute Gasteiger partial charge is 0.392 e. The van der Waals surface area contributed by atoms with Crippen LogP contribution in [0.25, 0.3) is 0 Å². The van der Waals surface area contributed by atoms with Crippen LogP contribution >= 0.6 is 24.0 Å². The number of guanidine groups is 1. The van der Waals surface area contributed by atoms with Crippen LogP contribution in [0.5, 0.6) is 0 Å². The molecule has 0 fully saturated rings. The number of aliphatic hydroxyl groups is 1. The molecule has 0 saturated heterocycles. The molecule has 0 aliphatic carbocycles. The lowest BCUT2D eigenvalue weighted by atomic mass is 10.1. The van der Waals surface area contributed by atoms with Crippen molar-refractivity contribution in [2.24, 2.45) is 4.99 Å². The van der Waals surface area contributed by atoms with Gasteiger partial charge in [0.05, 0.1) is 6.61 Å². The molecule has 7 heteroatoms. The Hall–Kier alpha value is -1.74. The minimum atomic E-state index is -0.418. The molecule has 0 atom stereocenters. The molecule has 0 saturated carbocycles. The minimum Gasteiger partial charge on any atom is -0.392 e. The Morgan fingerprint density at radius 2 is 1.76 bits per heavy atom. The van der Waals surface area contributed by atoms with E-state index in [9.17, 15) is 8.78 Å². The molecular weight excluding hydrogens is 439 g/mol. The summed E-state index contributed by atoms with van der Waals surface area (Å²) in [6.45, 7) is 0.692. The van der Waals surface area contributed by atoms with Gasteiger partial charge in [-0.15, -0.1) is 24.0 Å². The number of rotatable bonds is 5. The van der Waals surface area contributed by atoms with Gasteiger partial charge in [-0.3, -0.25) is 4.99 Å². The number of benzene rings is 2. The lowest BCUT2D eigenvalue weighted by Crippen LogP contribution is -2.38. The first-order valence-corrected chi connectivity index (χ1v) is 7.58. The van der Waals surface area contributed by atoms with E-state index in [2.05, 4.69) is 10.3 Å². The SMILES string of the molecule is CN=C(NCc1ccc(F)c(CO)c1)N(C)Cc1ccc(F)cc1.I. The topological polar surface area (TPSA) is 47.9 Å². The Kier molecular flexibility index (Phi) is 8.77. The number of hydrogen-bond acceptors (Lipinski definition) is 2. The molecule has 136 valence electrons. The molecule has 2 N–H and O–H groups in total. The number of aliphatic imine (C=N–C) groups is 1. The zero-order valence-corrected chi connectivity index (χ0v) is 16.5. The Bertz CT molecular complexity index is 708. The van der Waals surface area contributed by atoms with Gasteiger partial charge in [-0.2, -0.15) is 0 Å². The molecule has 2 rings (SSSR count). The van der Waals surface area contributed by atoms with Crippen LogP contribution in [0.2, 0.25) is 0 Å². The first-order valence-electron chi connectivity index (χ1n) is 7.58. The highest BCUT2D eigenvalue weighted by atomic mass is 127. The van der Waals surface area contributed by atoms with Crippen LogP contribution in [-0.4, -0.2) is 30.1 Å². The number of hydrogen-bond donors (Lipinski definition) is 2. The molecule has 0 heterocycles. The van der Waals surface area contributed by atoms with Crippen LogP contribution in [0.3, 0.4) is 0 Å². The molecule has 2 aromatic rings. The summed E-state index contributed by atoms with van der Waals surface area (Å²) in [7, 11) is 3.55. The number of nitrogens with zero attached hydrogens (tertiary/aromatic N) is 2. The standard InChI is InChI=1S/C18H21F2N3O.HI/c1-21-18(23(2)11-13-3-6-16(19)7-4-13)22-10-14-5-8-17(20)15(9-14)12-24;/h3-9,24H,10-12H2,1-2H3,(H,21,22);1H. The predicted octanol–water partition coefficient (Wildman–Crippen LogP) is 3.28. The molecule has 0 spiro atoms. The van der Waals surface area contributed by atoms with Crippen molar-refractivity contribution in [2.45, 2.75) is 19.7 Å². The average Bonchev–Trinajstić information content (AvgIpc) is 2.58. The molecule has 0 unspecified atom stereocenters. The fourth-order valence-corrected chi connectivity index (χ4v) is 2.36. The van der Waals surface area contributed by atoms with Crippen molar-refractivity contribution >= 4 is 29.9 Å². The van der Waals surface area contributed by atoms with E-state index in [0.717, 1.165) is 11.1 Å². The molecule has 0 radical (unpaired) electrons. The summed E-state index contributed by atoms with van der Waals surface area (Å²) in [5.41, 5.74) is 2.08. The number of aliphatic hydroxyl groups excluding tert-OH is 1. The second kappa shape index (κ2) is 10.3. The van der Waals surface area contributed by atoms with Gasteiger partial charge in [0, 0.05) is 32.7 Å². The van der Waals surface area contributed by atoms with E-state index in [-0.39, 0.29) is 42.0 Å². The van der Waals surface area contributed by atoms with Crippen molar-refractivity contribution in [1.82, 2.24) is 10.2 Å². The Balaban J connectivity index is 0.00000312. The van der Waals surface area contributed by atoms with Crippen LogP contribution in [0.4, 0.5) is 8.78 Å².